The van der Waals surface area contributed by atoms with Crippen molar-refractivity contribution in [3.8, 4) is 22.6 Å². The minimum absolute atomic E-state index is 0.610. The van der Waals surface area contributed by atoms with Gasteiger partial charge in [0, 0.05) is 5.56 Å². The monoisotopic (exact) mass is 289 g/mol. The number of hydrogen-bond donors (Lipinski definition) is 1. The fourth-order valence-corrected chi connectivity index (χ4v) is 2.19. The molecule has 0 saturated heterocycles. The topological polar surface area (TPSA) is 43.6 Å². The summed E-state index contributed by atoms with van der Waals surface area (Å²) in [5.74, 6) is 2.48. The van der Waals surface area contributed by atoms with Crippen molar-refractivity contribution in [1.29, 1.82) is 0 Å². The Labute approximate surface area is 126 Å². The van der Waals surface area contributed by atoms with Crippen molar-refractivity contribution in [2.75, 3.05) is 19.8 Å². The molecule has 0 unspecified atom stereocenters. The van der Waals surface area contributed by atoms with Crippen molar-refractivity contribution in [3.05, 3.63) is 36.3 Å². The Kier molecular flexibility index (Phi) is 5.69. The van der Waals surface area contributed by atoms with Crippen molar-refractivity contribution in [1.82, 2.24) is 5.32 Å². The van der Waals surface area contributed by atoms with Gasteiger partial charge in [0.1, 0.15) is 5.76 Å². The molecule has 0 fully saturated rings. The second-order valence-corrected chi connectivity index (χ2v) is 4.57. The first-order chi connectivity index (χ1) is 10.3. The summed E-state index contributed by atoms with van der Waals surface area (Å²) in [5, 5.41) is 3.28. The molecule has 2 aromatic rings. The minimum Gasteiger partial charge on any atom is -0.490 e. The molecule has 1 N–H and O–H groups in total. The third-order valence-corrected chi connectivity index (χ3v) is 3.14. The van der Waals surface area contributed by atoms with E-state index in [1.165, 1.54) is 0 Å². The molecule has 0 aliphatic carbocycles. The van der Waals surface area contributed by atoms with Gasteiger partial charge in [0.25, 0.3) is 0 Å². The highest BCUT2D eigenvalue weighted by atomic mass is 16.5. The van der Waals surface area contributed by atoms with Crippen molar-refractivity contribution >= 4 is 0 Å². The van der Waals surface area contributed by atoms with Crippen molar-refractivity contribution in [2.24, 2.45) is 0 Å². The Hall–Kier alpha value is -1.94. The number of rotatable bonds is 8. The van der Waals surface area contributed by atoms with Crippen LogP contribution < -0.4 is 14.8 Å². The highest BCUT2D eigenvalue weighted by Crippen LogP contribution is 2.34. The largest absolute Gasteiger partial charge is 0.490 e. The normalized spacial score (nSPS) is 10.6. The SMILES string of the molecule is CCNCc1occc1-c1ccc(OCC)c(OCC)c1. The summed E-state index contributed by atoms with van der Waals surface area (Å²) in [4.78, 5) is 0. The van der Waals surface area contributed by atoms with E-state index in [0.717, 1.165) is 41.5 Å². The molecule has 2 rings (SSSR count). The van der Waals surface area contributed by atoms with E-state index >= 15 is 0 Å². The standard InChI is InChI=1S/C17H23NO3/c1-4-18-12-17-14(9-10-21-17)13-7-8-15(19-5-2)16(11-13)20-6-3/h7-11,18H,4-6,12H2,1-3H3. The summed E-state index contributed by atoms with van der Waals surface area (Å²) in [6.45, 7) is 8.87. The second kappa shape index (κ2) is 7.74. The lowest BCUT2D eigenvalue weighted by Crippen LogP contribution is -2.11. The molecule has 0 spiro atoms. The molecule has 0 radical (unpaired) electrons. The van der Waals surface area contributed by atoms with Crippen molar-refractivity contribution in [2.45, 2.75) is 27.3 Å². The molecule has 1 aromatic carbocycles. The number of nitrogens with one attached hydrogen (secondary N) is 1. The molecule has 0 atom stereocenters. The first-order valence-corrected chi connectivity index (χ1v) is 7.47. The molecule has 114 valence electrons. The van der Waals surface area contributed by atoms with Crippen LogP contribution in [0.3, 0.4) is 0 Å². The lowest BCUT2D eigenvalue weighted by Gasteiger charge is -2.12. The van der Waals surface area contributed by atoms with Gasteiger partial charge < -0.3 is 19.2 Å². The fourth-order valence-electron chi connectivity index (χ4n) is 2.19. The van der Waals surface area contributed by atoms with Gasteiger partial charge in [-0.05, 0) is 44.2 Å². The molecule has 0 saturated carbocycles. The van der Waals surface area contributed by atoms with Crippen molar-refractivity contribution < 1.29 is 13.9 Å². The average molecular weight is 289 g/mol. The molecule has 1 aromatic heterocycles. The summed E-state index contributed by atoms with van der Waals surface area (Å²) in [7, 11) is 0. The maximum absolute atomic E-state index is 5.68. The van der Waals surface area contributed by atoms with Crippen LogP contribution in [0.15, 0.2) is 34.9 Å². The van der Waals surface area contributed by atoms with Crippen LogP contribution in [0.2, 0.25) is 0 Å². The van der Waals surface area contributed by atoms with Crippen molar-refractivity contribution in [3.63, 3.8) is 0 Å². The van der Waals surface area contributed by atoms with E-state index in [1.807, 2.05) is 38.1 Å². The van der Waals surface area contributed by atoms with Gasteiger partial charge in [-0.15, -0.1) is 0 Å². The molecule has 1 heterocycles. The number of hydrogen-bond acceptors (Lipinski definition) is 4. The Morgan fingerprint density at radius 2 is 1.76 bits per heavy atom. The van der Waals surface area contributed by atoms with Crippen LogP contribution in [-0.4, -0.2) is 19.8 Å². The van der Waals surface area contributed by atoms with Crippen LogP contribution >= 0.6 is 0 Å². The Bertz CT molecular complexity index is 563. The second-order valence-electron chi connectivity index (χ2n) is 4.57. The predicted octanol–water partition coefficient (Wildman–Crippen LogP) is 3.85. The zero-order valence-electron chi connectivity index (χ0n) is 12.9. The lowest BCUT2D eigenvalue weighted by molar-refractivity contribution is 0.288. The van der Waals surface area contributed by atoms with E-state index in [0.29, 0.717) is 13.2 Å². The first-order valence-electron chi connectivity index (χ1n) is 7.47. The minimum atomic E-state index is 0.610. The van der Waals surface area contributed by atoms with Crippen LogP contribution in [0.4, 0.5) is 0 Å². The Morgan fingerprint density at radius 3 is 2.48 bits per heavy atom. The lowest BCUT2D eigenvalue weighted by atomic mass is 10.1. The van der Waals surface area contributed by atoms with E-state index in [4.69, 9.17) is 13.9 Å². The van der Waals surface area contributed by atoms with Gasteiger partial charge in [0.05, 0.1) is 26.0 Å². The van der Waals surface area contributed by atoms with Gasteiger partial charge in [0.2, 0.25) is 0 Å². The zero-order valence-corrected chi connectivity index (χ0v) is 12.9. The van der Waals surface area contributed by atoms with Gasteiger partial charge in [-0.1, -0.05) is 13.0 Å². The van der Waals surface area contributed by atoms with Crippen LogP contribution in [0, 0.1) is 0 Å². The quantitative estimate of drug-likeness (QED) is 0.801. The molecule has 0 aliphatic rings. The highest BCUT2D eigenvalue weighted by molar-refractivity contribution is 5.68. The molecule has 21 heavy (non-hydrogen) atoms. The third kappa shape index (κ3) is 3.79. The number of furan rings is 1. The third-order valence-electron chi connectivity index (χ3n) is 3.14. The molecule has 0 amide bonds. The molecular weight excluding hydrogens is 266 g/mol. The summed E-state index contributed by atoms with van der Waals surface area (Å²) in [5.41, 5.74) is 2.16. The van der Waals surface area contributed by atoms with Crippen LogP contribution in [0.25, 0.3) is 11.1 Å². The van der Waals surface area contributed by atoms with Gasteiger partial charge in [-0.3, -0.25) is 0 Å². The Morgan fingerprint density at radius 1 is 1.00 bits per heavy atom. The van der Waals surface area contributed by atoms with Gasteiger partial charge in [-0.2, -0.15) is 0 Å². The Balaban J connectivity index is 2.31. The molecule has 0 aliphatic heterocycles. The van der Waals surface area contributed by atoms with E-state index < -0.39 is 0 Å². The molecule has 4 nitrogen and oxygen atoms in total. The van der Waals surface area contributed by atoms with Crippen LogP contribution in [-0.2, 0) is 6.54 Å². The molecular formula is C17H23NO3. The van der Waals surface area contributed by atoms with E-state index in [9.17, 15) is 0 Å². The van der Waals surface area contributed by atoms with Gasteiger partial charge >= 0.3 is 0 Å². The summed E-state index contributed by atoms with van der Waals surface area (Å²) < 4.78 is 16.8. The van der Waals surface area contributed by atoms with Crippen LogP contribution in [0.1, 0.15) is 26.5 Å². The maximum atomic E-state index is 5.68. The predicted molar refractivity (Wildman–Crippen MR) is 83.9 cm³/mol. The average Bonchev–Trinajstić information content (AvgIpc) is 2.96. The fraction of sp³-hybridized carbons (Fsp3) is 0.412. The van der Waals surface area contributed by atoms with E-state index in [2.05, 4.69) is 12.2 Å². The first kappa shape index (κ1) is 15.4. The molecule has 0 bridgehead atoms. The maximum Gasteiger partial charge on any atom is 0.161 e. The van der Waals surface area contributed by atoms with Gasteiger partial charge in [-0.25, -0.2) is 0 Å². The molecule has 4 heteroatoms. The summed E-state index contributed by atoms with van der Waals surface area (Å²) in [6.07, 6.45) is 1.72. The zero-order chi connectivity index (χ0) is 15.1. The van der Waals surface area contributed by atoms with E-state index in [1.54, 1.807) is 6.26 Å². The number of benzene rings is 1. The van der Waals surface area contributed by atoms with Crippen LogP contribution in [0.5, 0.6) is 11.5 Å². The summed E-state index contributed by atoms with van der Waals surface area (Å²) in [6, 6.07) is 7.98. The summed E-state index contributed by atoms with van der Waals surface area (Å²) >= 11 is 0. The number of ether oxygens (including phenoxy) is 2. The smallest absolute Gasteiger partial charge is 0.161 e. The highest BCUT2D eigenvalue weighted by Gasteiger charge is 2.12. The van der Waals surface area contributed by atoms with Gasteiger partial charge in [0.15, 0.2) is 11.5 Å². The van der Waals surface area contributed by atoms with E-state index in [-0.39, 0.29) is 0 Å².